The van der Waals surface area contributed by atoms with E-state index in [1.54, 1.807) is 16.7 Å². The van der Waals surface area contributed by atoms with Gasteiger partial charge in [-0.25, -0.2) is 18.6 Å². The molecule has 14 heteroatoms. The lowest BCUT2D eigenvalue weighted by Gasteiger charge is -2.29. The standard InChI is InChI=1S/C28H26ClF5N6O2/c29-17-11-20(24(25(30)31)36-12-17)26(41)38-18-7-5-16(6-8-18)14-39-21-3-1-2-4-22(21)40(27(39)42)19-9-10-23(35-13-19)37-15-28(32,33)34/h1-4,9-13,16,18,25H,5-8,14-15H2,(H,35,37)(H,38,41)/t16-,18-. The van der Waals surface area contributed by atoms with Gasteiger partial charge in [0.25, 0.3) is 12.3 Å². The number of hydrogen-bond acceptors (Lipinski definition) is 5. The van der Waals surface area contributed by atoms with Gasteiger partial charge >= 0.3 is 11.9 Å². The maximum atomic E-state index is 13.6. The van der Waals surface area contributed by atoms with E-state index in [0.29, 0.717) is 48.9 Å². The number of fused-ring (bicyclic) bond motifs is 1. The number of nitrogens with zero attached hydrogens (tertiary/aromatic N) is 4. The first kappa shape index (κ1) is 29.5. The van der Waals surface area contributed by atoms with Gasteiger partial charge in [0.05, 0.1) is 33.5 Å². The van der Waals surface area contributed by atoms with Gasteiger partial charge in [0.15, 0.2) is 0 Å². The average molecular weight is 609 g/mol. The molecule has 0 saturated heterocycles. The minimum atomic E-state index is -4.39. The Bertz CT molecular complexity index is 1630. The van der Waals surface area contributed by atoms with Crippen molar-refractivity contribution in [2.75, 3.05) is 11.9 Å². The van der Waals surface area contributed by atoms with Crippen LogP contribution in [0, 0.1) is 5.92 Å². The number of benzene rings is 1. The summed E-state index contributed by atoms with van der Waals surface area (Å²) in [4.78, 5) is 34.0. The number of carbonyl (C=O) groups excluding carboxylic acids is 1. The zero-order valence-corrected chi connectivity index (χ0v) is 22.8. The minimum Gasteiger partial charge on any atom is -0.361 e. The third-order valence-corrected chi connectivity index (χ3v) is 7.48. The number of amides is 1. The first-order chi connectivity index (χ1) is 20.0. The quantitative estimate of drug-likeness (QED) is 0.235. The molecule has 1 saturated carbocycles. The SMILES string of the molecule is O=C(N[C@H]1CC[C@H](Cn2c(=O)n(-c3ccc(NCC(F)(F)F)nc3)c3ccccc32)CC1)c1cc(Cl)cnc1C(F)F. The summed E-state index contributed by atoms with van der Waals surface area (Å²) < 4.78 is 67.4. The van der Waals surface area contributed by atoms with Crippen LogP contribution in [0.2, 0.25) is 5.02 Å². The largest absolute Gasteiger partial charge is 0.405 e. The molecule has 1 fully saturated rings. The van der Waals surface area contributed by atoms with Crippen molar-refractivity contribution in [3.8, 4) is 5.69 Å². The molecule has 222 valence electrons. The lowest BCUT2D eigenvalue weighted by molar-refractivity contribution is -0.115. The third-order valence-electron chi connectivity index (χ3n) is 7.27. The summed E-state index contributed by atoms with van der Waals surface area (Å²) in [7, 11) is 0. The van der Waals surface area contributed by atoms with E-state index in [1.165, 1.54) is 29.0 Å². The van der Waals surface area contributed by atoms with Crippen molar-refractivity contribution in [2.45, 2.75) is 50.9 Å². The fourth-order valence-corrected chi connectivity index (χ4v) is 5.42. The maximum absolute atomic E-state index is 13.6. The molecule has 1 aromatic carbocycles. The first-order valence-corrected chi connectivity index (χ1v) is 13.6. The van der Waals surface area contributed by atoms with Crippen LogP contribution in [0.4, 0.5) is 27.8 Å². The zero-order chi connectivity index (χ0) is 30.0. The van der Waals surface area contributed by atoms with Crippen LogP contribution in [-0.4, -0.2) is 43.8 Å². The van der Waals surface area contributed by atoms with Gasteiger partial charge in [-0.1, -0.05) is 23.7 Å². The zero-order valence-electron chi connectivity index (χ0n) is 22.0. The smallest absolute Gasteiger partial charge is 0.361 e. The number of para-hydroxylation sites is 2. The van der Waals surface area contributed by atoms with Crippen LogP contribution in [0.15, 0.2) is 59.7 Å². The average Bonchev–Trinajstić information content (AvgIpc) is 3.23. The summed E-state index contributed by atoms with van der Waals surface area (Å²) in [6.45, 7) is -0.807. The predicted octanol–water partition coefficient (Wildman–Crippen LogP) is 6.14. The molecular formula is C28H26ClF5N6O2. The highest BCUT2D eigenvalue weighted by Gasteiger charge is 2.28. The Morgan fingerprint density at radius 3 is 2.38 bits per heavy atom. The van der Waals surface area contributed by atoms with Crippen molar-refractivity contribution in [2.24, 2.45) is 5.92 Å². The highest BCUT2D eigenvalue weighted by atomic mass is 35.5. The van der Waals surface area contributed by atoms with Crippen molar-refractivity contribution < 1.29 is 26.7 Å². The molecule has 0 bridgehead atoms. The molecule has 1 amide bonds. The van der Waals surface area contributed by atoms with E-state index in [1.807, 2.05) is 12.1 Å². The summed E-state index contributed by atoms with van der Waals surface area (Å²) in [5, 5.41) is 5.11. The summed E-state index contributed by atoms with van der Waals surface area (Å²) in [5.74, 6) is -0.503. The minimum absolute atomic E-state index is 0.0359. The normalized spacial score (nSPS) is 17.5. The van der Waals surface area contributed by atoms with Crippen LogP contribution >= 0.6 is 11.6 Å². The van der Waals surface area contributed by atoms with Crippen LogP contribution in [0.1, 0.15) is 48.2 Å². The first-order valence-electron chi connectivity index (χ1n) is 13.2. The number of carbonyl (C=O) groups is 1. The second-order valence-electron chi connectivity index (χ2n) is 10.2. The number of hydrogen-bond donors (Lipinski definition) is 2. The molecule has 3 heterocycles. The maximum Gasteiger partial charge on any atom is 0.405 e. The van der Waals surface area contributed by atoms with Gasteiger partial charge in [0.2, 0.25) is 0 Å². The van der Waals surface area contributed by atoms with E-state index in [9.17, 15) is 31.5 Å². The Hall–Kier alpha value is -4.00. The van der Waals surface area contributed by atoms with Crippen LogP contribution in [0.25, 0.3) is 16.7 Å². The van der Waals surface area contributed by atoms with Crippen LogP contribution < -0.4 is 16.3 Å². The molecule has 0 aliphatic heterocycles. The number of alkyl halides is 5. The van der Waals surface area contributed by atoms with Crippen molar-refractivity contribution in [1.82, 2.24) is 24.4 Å². The molecule has 2 N–H and O–H groups in total. The number of aromatic nitrogens is 4. The Morgan fingerprint density at radius 1 is 1.02 bits per heavy atom. The Morgan fingerprint density at radius 2 is 1.74 bits per heavy atom. The van der Waals surface area contributed by atoms with Crippen molar-refractivity contribution >= 4 is 34.4 Å². The van der Waals surface area contributed by atoms with Crippen molar-refractivity contribution in [3.63, 3.8) is 0 Å². The number of imidazole rings is 1. The Labute approximate surface area is 241 Å². The van der Waals surface area contributed by atoms with Gasteiger partial charge in [-0.3, -0.25) is 18.9 Å². The fourth-order valence-electron chi connectivity index (χ4n) is 5.26. The summed E-state index contributed by atoms with van der Waals surface area (Å²) in [6, 6.07) is 11.1. The number of halogens is 6. The number of nitrogens with one attached hydrogen (secondary N) is 2. The van der Waals surface area contributed by atoms with Crippen LogP contribution in [-0.2, 0) is 6.54 Å². The van der Waals surface area contributed by atoms with Gasteiger partial charge in [0, 0.05) is 18.8 Å². The topological polar surface area (TPSA) is 93.8 Å². The molecule has 8 nitrogen and oxygen atoms in total. The fraction of sp³-hybridized carbons (Fsp3) is 0.357. The third kappa shape index (κ3) is 6.56. The summed E-state index contributed by atoms with van der Waals surface area (Å²) >= 11 is 5.87. The monoisotopic (exact) mass is 608 g/mol. The van der Waals surface area contributed by atoms with Crippen molar-refractivity contribution in [1.29, 1.82) is 0 Å². The second-order valence-corrected chi connectivity index (χ2v) is 10.6. The number of rotatable bonds is 8. The van der Waals surface area contributed by atoms with Gasteiger partial charge < -0.3 is 10.6 Å². The van der Waals surface area contributed by atoms with E-state index in [4.69, 9.17) is 11.6 Å². The van der Waals surface area contributed by atoms with Gasteiger partial charge in [-0.15, -0.1) is 0 Å². The number of anilines is 1. The summed E-state index contributed by atoms with van der Waals surface area (Å²) in [5.41, 5.74) is 0.563. The van der Waals surface area contributed by atoms with E-state index in [-0.39, 0.29) is 34.1 Å². The van der Waals surface area contributed by atoms with E-state index in [0.717, 1.165) is 6.20 Å². The van der Waals surface area contributed by atoms with Crippen LogP contribution in [0.5, 0.6) is 0 Å². The highest BCUT2D eigenvalue weighted by molar-refractivity contribution is 6.30. The molecule has 5 rings (SSSR count). The van der Waals surface area contributed by atoms with Gasteiger partial charge in [0.1, 0.15) is 18.1 Å². The lowest BCUT2D eigenvalue weighted by atomic mass is 9.85. The van der Waals surface area contributed by atoms with Gasteiger partial charge in [-0.2, -0.15) is 13.2 Å². The second kappa shape index (κ2) is 12.1. The van der Waals surface area contributed by atoms with Crippen LogP contribution in [0.3, 0.4) is 0 Å². The molecule has 0 spiro atoms. The predicted molar refractivity (Wildman–Crippen MR) is 147 cm³/mol. The van der Waals surface area contributed by atoms with Crippen molar-refractivity contribution in [3.05, 3.63) is 81.6 Å². The molecule has 0 unspecified atom stereocenters. The van der Waals surface area contributed by atoms with E-state index < -0.39 is 30.7 Å². The summed E-state index contributed by atoms with van der Waals surface area (Å²) in [6.07, 6.45) is -2.32. The Balaban J connectivity index is 1.28. The molecule has 0 radical (unpaired) electrons. The van der Waals surface area contributed by atoms with Gasteiger partial charge in [-0.05, 0) is 61.9 Å². The number of pyridine rings is 2. The molecule has 1 aliphatic carbocycles. The van der Waals surface area contributed by atoms with E-state index >= 15 is 0 Å². The lowest BCUT2D eigenvalue weighted by Crippen LogP contribution is -2.39. The highest BCUT2D eigenvalue weighted by Crippen LogP contribution is 2.29. The molecule has 3 aromatic heterocycles. The molecule has 0 atom stereocenters. The Kier molecular flexibility index (Phi) is 8.48. The van der Waals surface area contributed by atoms with E-state index in [2.05, 4.69) is 20.6 Å². The molecule has 4 aromatic rings. The molecule has 1 aliphatic rings. The molecule has 42 heavy (non-hydrogen) atoms. The molecular weight excluding hydrogens is 583 g/mol.